The molecule has 0 radical (unpaired) electrons. The summed E-state index contributed by atoms with van der Waals surface area (Å²) in [5.41, 5.74) is 13.7. The number of hydrogen-bond acceptors (Lipinski definition) is 14. The SMILES string of the molecule is [2H]c1c([2H])c([2H])c(C[C@@H](N)C(=O)N[C@H]2CSSC[C@@H](C(=O)N[C@H](CO)[C@@H](C)O)NC(=O)[C@H]([C@@H](C)O)NC(=O)[C@H](CCCCN)NC(=O)[C@@H](Cc3c[nH]c4ccccc34)NC(=O)[C@H](Cc3ccccc3)NC2=O)c([2H])c1[2H]. The van der Waals surface area contributed by atoms with Crippen molar-refractivity contribution < 1.29 is 55.7 Å². The Bertz CT molecular complexity index is 2660. The maximum absolute atomic E-state index is 14.8. The number of fused-ring (bicyclic) bond motifs is 1. The standard InChI is InChI=1S/C49H66N10O10S2/c1-28(61)39(25-60)56-48(68)41-27-71-70-26-40(57-43(63)34(51)21-30-13-5-3-6-14-30)47(67)54-37(22-31-15-7-4-8-16-31)45(65)55-38(23-32-24-52-35-18-10-9-17-33(32)35)46(66)53-36(19-11-12-20-50)44(64)59-42(29(2)62)49(69)58-41/h3-10,13-18,24,28-29,34,36-42,52,60-62H,11-12,19-23,25-27,50-51H2,1-2H3,(H,53,66)(H,54,67)(H,55,65)(H,56,68)(H,57,63)(H,58,69)(H,59,64)/t28-,29-,34-,36+,37+,38-,39-,40+,41+,42+/m1/s1/i3D,5D,6D,13D,14D. The van der Waals surface area contributed by atoms with Crippen LogP contribution in [-0.4, -0.2) is 147 Å². The first kappa shape index (κ1) is 48.6. The summed E-state index contributed by atoms with van der Waals surface area (Å²) in [5, 5.41) is 50.0. The maximum atomic E-state index is 14.8. The van der Waals surface area contributed by atoms with Crippen molar-refractivity contribution in [3.05, 3.63) is 108 Å². The van der Waals surface area contributed by atoms with Gasteiger partial charge in [-0.25, -0.2) is 0 Å². The van der Waals surface area contributed by atoms with Crippen LogP contribution in [0.15, 0.2) is 91.0 Å². The molecule has 1 fully saturated rings. The lowest BCUT2D eigenvalue weighted by Gasteiger charge is -2.29. The number of aliphatic hydroxyl groups excluding tert-OH is 3. The first-order valence-corrected chi connectivity index (χ1v) is 25.6. The lowest BCUT2D eigenvalue weighted by Crippen LogP contribution is -2.62. The Morgan fingerprint density at radius 2 is 1.41 bits per heavy atom. The van der Waals surface area contributed by atoms with Crippen molar-refractivity contribution >= 4 is 73.8 Å². The van der Waals surface area contributed by atoms with Gasteiger partial charge in [-0.15, -0.1) is 0 Å². The van der Waals surface area contributed by atoms with Crippen LogP contribution >= 0.6 is 21.6 Å². The molecule has 384 valence electrons. The molecule has 3 aromatic carbocycles. The number of carbonyl (C=O) groups excluding carboxylic acids is 7. The smallest absolute Gasteiger partial charge is 0.245 e. The zero-order valence-electron chi connectivity index (χ0n) is 44.3. The van der Waals surface area contributed by atoms with Gasteiger partial charge in [-0.3, -0.25) is 33.6 Å². The first-order chi connectivity index (χ1) is 36.1. The van der Waals surface area contributed by atoms with Crippen molar-refractivity contribution in [2.45, 2.75) is 113 Å². The molecule has 7 amide bonds. The van der Waals surface area contributed by atoms with Crippen LogP contribution in [-0.2, 0) is 52.8 Å². The molecule has 1 aliphatic rings. The molecule has 22 heteroatoms. The summed E-state index contributed by atoms with van der Waals surface area (Å²) < 4.78 is 40.8. The number of hydrogen-bond donors (Lipinski definition) is 13. The molecule has 10 atom stereocenters. The number of carbonyl (C=O) groups is 7. The third-order valence-corrected chi connectivity index (χ3v) is 14.0. The number of aromatic nitrogens is 1. The van der Waals surface area contributed by atoms with E-state index < -0.39 is 145 Å². The van der Waals surface area contributed by atoms with E-state index in [0.29, 0.717) is 24.0 Å². The first-order valence-electron chi connectivity index (χ1n) is 25.6. The molecule has 0 unspecified atom stereocenters. The predicted octanol–water partition coefficient (Wildman–Crippen LogP) is -0.805. The Balaban J connectivity index is 1.59. The highest BCUT2D eigenvalue weighted by Gasteiger charge is 2.36. The molecule has 71 heavy (non-hydrogen) atoms. The summed E-state index contributed by atoms with van der Waals surface area (Å²) in [7, 11) is 1.84. The Kier molecular flexibility index (Phi) is 19.3. The van der Waals surface area contributed by atoms with E-state index in [0.717, 1.165) is 32.5 Å². The van der Waals surface area contributed by atoms with E-state index in [1.165, 1.54) is 13.8 Å². The van der Waals surface area contributed by atoms with Gasteiger partial charge in [-0.1, -0.05) is 100 Å². The summed E-state index contributed by atoms with van der Waals surface area (Å²) >= 11 is 0. The van der Waals surface area contributed by atoms with Gasteiger partial charge in [0.2, 0.25) is 41.4 Å². The van der Waals surface area contributed by atoms with Gasteiger partial charge in [-0.05, 0) is 68.8 Å². The zero-order valence-corrected chi connectivity index (χ0v) is 40.9. The van der Waals surface area contributed by atoms with Crippen LogP contribution in [0.4, 0.5) is 0 Å². The minimum absolute atomic E-state index is 0.0105. The Labute approximate surface area is 427 Å². The van der Waals surface area contributed by atoms with Crippen molar-refractivity contribution in [2.24, 2.45) is 11.5 Å². The van der Waals surface area contributed by atoms with Crippen LogP contribution in [0.2, 0.25) is 0 Å². The van der Waals surface area contributed by atoms with E-state index in [-0.39, 0.29) is 42.9 Å². The van der Waals surface area contributed by atoms with Crippen LogP contribution in [0.25, 0.3) is 10.9 Å². The third-order valence-electron chi connectivity index (χ3n) is 11.5. The Morgan fingerprint density at radius 3 is 2.08 bits per heavy atom. The lowest BCUT2D eigenvalue weighted by atomic mass is 10.0. The van der Waals surface area contributed by atoms with Gasteiger partial charge in [0.25, 0.3) is 0 Å². The second-order valence-corrected chi connectivity index (χ2v) is 19.6. The van der Waals surface area contributed by atoms with Crippen molar-refractivity contribution in [3.8, 4) is 0 Å². The predicted molar refractivity (Wildman–Crippen MR) is 272 cm³/mol. The van der Waals surface area contributed by atoms with Gasteiger partial charge in [-0.2, -0.15) is 0 Å². The van der Waals surface area contributed by atoms with Crippen LogP contribution in [0.1, 0.15) is 56.7 Å². The van der Waals surface area contributed by atoms with Crippen LogP contribution in [0.5, 0.6) is 0 Å². The number of rotatable bonds is 17. The van der Waals surface area contributed by atoms with Gasteiger partial charge in [0.15, 0.2) is 0 Å². The average molecular weight is 1020 g/mol. The fraction of sp³-hybridized carbons (Fsp3) is 0.449. The van der Waals surface area contributed by atoms with Gasteiger partial charge in [0.05, 0.1) is 37.8 Å². The van der Waals surface area contributed by atoms with Gasteiger partial charge in [0.1, 0.15) is 36.3 Å². The highest BCUT2D eigenvalue weighted by molar-refractivity contribution is 8.76. The minimum Gasteiger partial charge on any atom is -0.394 e. The molecule has 1 aromatic heterocycles. The van der Waals surface area contributed by atoms with Gasteiger partial charge < -0.3 is 69.0 Å². The second-order valence-electron chi connectivity index (χ2n) is 17.1. The number of H-pyrrole nitrogens is 1. The van der Waals surface area contributed by atoms with E-state index in [2.05, 4.69) is 42.2 Å². The number of nitrogens with one attached hydrogen (secondary N) is 8. The van der Waals surface area contributed by atoms with Crippen LogP contribution < -0.4 is 48.7 Å². The molecule has 0 aliphatic carbocycles. The molecule has 2 heterocycles. The van der Waals surface area contributed by atoms with Crippen LogP contribution in [0, 0.1) is 0 Å². The van der Waals surface area contributed by atoms with Crippen LogP contribution in [0.3, 0.4) is 0 Å². The largest absolute Gasteiger partial charge is 0.394 e. The number of unbranched alkanes of at least 4 members (excludes halogenated alkanes) is 1. The average Bonchev–Trinajstić information content (AvgIpc) is 3.81. The molecule has 1 aliphatic heterocycles. The second kappa shape index (κ2) is 28.1. The minimum atomic E-state index is -1.72. The quantitative estimate of drug-likeness (QED) is 0.0455. The third kappa shape index (κ3) is 17.1. The molecular weight excluding hydrogens is 953 g/mol. The molecule has 0 saturated carbocycles. The summed E-state index contributed by atoms with van der Waals surface area (Å²) in [6.45, 7) is 2.07. The number of amides is 7. The monoisotopic (exact) mass is 1020 g/mol. The Morgan fingerprint density at radius 1 is 0.775 bits per heavy atom. The molecule has 4 aromatic rings. The van der Waals surface area contributed by atoms with Gasteiger partial charge >= 0.3 is 0 Å². The van der Waals surface area contributed by atoms with E-state index >= 15 is 0 Å². The van der Waals surface area contributed by atoms with E-state index in [9.17, 15) is 48.9 Å². The molecule has 0 spiro atoms. The topological polar surface area (TPSA) is 332 Å². The number of aliphatic hydroxyl groups is 3. The normalized spacial score (nSPS) is 23.8. The highest BCUT2D eigenvalue weighted by atomic mass is 33.1. The fourth-order valence-electron chi connectivity index (χ4n) is 7.46. The van der Waals surface area contributed by atoms with Crippen molar-refractivity contribution in [1.82, 2.24) is 42.2 Å². The number of benzene rings is 3. The van der Waals surface area contributed by atoms with Gasteiger partial charge in [0, 0.05) is 41.4 Å². The molecule has 5 rings (SSSR count). The fourth-order valence-corrected chi connectivity index (χ4v) is 9.79. The number of nitrogens with two attached hydrogens (primary N) is 2. The molecule has 15 N–H and O–H groups in total. The molecule has 1 saturated heterocycles. The molecular formula is C49H66N10O10S2. The lowest BCUT2D eigenvalue weighted by molar-refractivity contribution is -0.136. The van der Waals surface area contributed by atoms with Crippen molar-refractivity contribution in [2.75, 3.05) is 24.7 Å². The number of para-hydroxylation sites is 1. The van der Waals surface area contributed by atoms with Crippen molar-refractivity contribution in [3.63, 3.8) is 0 Å². The maximum Gasteiger partial charge on any atom is 0.245 e. The van der Waals surface area contributed by atoms with E-state index in [4.69, 9.17) is 18.3 Å². The van der Waals surface area contributed by atoms with Crippen molar-refractivity contribution in [1.29, 1.82) is 0 Å². The highest BCUT2D eigenvalue weighted by Crippen LogP contribution is 2.24. The van der Waals surface area contributed by atoms with E-state index in [1.807, 2.05) is 12.1 Å². The molecule has 20 nitrogen and oxygen atoms in total. The summed E-state index contributed by atoms with van der Waals surface area (Å²) in [6, 6.07) is 0.888. The summed E-state index contributed by atoms with van der Waals surface area (Å²) in [4.78, 5) is 103. The Hall–Kier alpha value is -6.01. The van der Waals surface area contributed by atoms with E-state index in [1.54, 1.807) is 48.7 Å². The summed E-state index contributed by atoms with van der Waals surface area (Å²) in [6.07, 6.45) is -1.27. The number of aromatic amines is 1. The summed E-state index contributed by atoms with van der Waals surface area (Å²) in [5.74, 6) is -7.06. The molecule has 0 bridgehead atoms. The zero-order chi connectivity index (χ0) is 55.8.